The summed E-state index contributed by atoms with van der Waals surface area (Å²) in [6.45, 7) is 4.28. The Balaban J connectivity index is 2.13. The second-order valence-corrected chi connectivity index (χ2v) is 5.75. The maximum absolute atomic E-state index is 12.3. The minimum Gasteiger partial charge on any atom is -0.462 e. The molecule has 2 rings (SSSR count). The lowest BCUT2D eigenvalue weighted by molar-refractivity contribution is -0.138. The lowest BCUT2D eigenvalue weighted by atomic mass is 10.2. The molecule has 6 heteroatoms. The van der Waals surface area contributed by atoms with E-state index in [4.69, 9.17) is 22.7 Å². The fourth-order valence-electron chi connectivity index (χ4n) is 2.50. The van der Waals surface area contributed by atoms with Gasteiger partial charge in [-0.05, 0) is 25.3 Å². The normalized spacial score (nSPS) is 15.1. The van der Waals surface area contributed by atoms with Crippen LogP contribution in [-0.4, -0.2) is 35.6 Å². The molecule has 0 atom stereocenters. The molecule has 1 aliphatic heterocycles. The largest absolute Gasteiger partial charge is 0.462 e. The summed E-state index contributed by atoms with van der Waals surface area (Å²) in [7, 11) is 0. The predicted octanol–water partition coefficient (Wildman–Crippen LogP) is 1.93. The summed E-state index contributed by atoms with van der Waals surface area (Å²) in [5, 5.41) is 3.11. The SMILES string of the molecule is CCOC(=O)/C(C(=S)NCc1ccccc1)=C(\N)N1CCCC1. The zero-order valence-electron chi connectivity index (χ0n) is 13.4. The molecule has 0 spiro atoms. The van der Waals surface area contributed by atoms with Crippen molar-refractivity contribution < 1.29 is 9.53 Å². The van der Waals surface area contributed by atoms with Gasteiger partial charge >= 0.3 is 5.97 Å². The van der Waals surface area contributed by atoms with Crippen LogP contribution in [0.2, 0.25) is 0 Å². The number of carbonyl (C=O) groups is 1. The predicted molar refractivity (Wildman–Crippen MR) is 94.5 cm³/mol. The highest BCUT2D eigenvalue weighted by Crippen LogP contribution is 2.16. The van der Waals surface area contributed by atoms with Crippen LogP contribution in [0.3, 0.4) is 0 Å². The molecule has 0 aliphatic carbocycles. The summed E-state index contributed by atoms with van der Waals surface area (Å²) in [6, 6.07) is 9.86. The van der Waals surface area contributed by atoms with Crippen LogP contribution in [0.5, 0.6) is 0 Å². The first-order valence-corrected chi connectivity index (χ1v) is 8.28. The summed E-state index contributed by atoms with van der Waals surface area (Å²) in [5.41, 5.74) is 7.55. The molecular weight excluding hydrogens is 310 g/mol. The number of likely N-dealkylation sites (tertiary alicyclic amines) is 1. The van der Waals surface area contributed by atoms with E-state index in [1.807, 2.05) is 35.2 Å². The quantitative estimate of drug-likeness (QED) is 0.471. The number of hydrogen-bond acceptors (Lipinski definition) is 5. The summed E-state index contributed by atoms with van der Waals surface area (Å²) < 4.78 is 5.13. The summed E-state index contributed by atoms with van der Waals surface area (Å²) in [4.78, 5) is 14.6. The molecule has 1 aromatic rings. The molecule has 124 valence electrons. The number of rotatable bonds is 6. The van der Waals surface area contributed by atoms with Crippen LogP contribution in [0.1, 0.15) is 25.3 Å². The van der Waals surface area contributed by atoms with Crippen LogP contribution in [0.4, 0.5) is 0 Å². The Labute approximate surface area is 142 Å². The van der Waals surface area contributed by atoms with Crippen molar-refractivity contribution in [2.45, 2.75) is 26.3 Å². The van der Waals surface area contributed by atoms with Crippen molar-refractivity contribution in [1.29, 1.82) is 0 Å². The van der Waals surface area contributed by atoms with Gasteiger partial charge < -0.3 is 20.7 Å². The standard InChI is InChI=1S/C17H23N3O2S/c1-2-22-17(21)14(15(18)20-10-6-7-11-20)16(23)19-12-13-8-4-3-5-9-13/h3-5,8-9H,2,6-7,10-12,18H2,1H3,(H,19,23)/b15-14+. The van der Waals surface area contributed by atoms with E-state index in [0.29, 0.717) is 17.4 Å². The number of nitrogens with two attached hydrogens (primary N) is 1. The van der Waals surface area contributed by atoms with E-state index < -0.39 is 5.97 Å². The highest BCUT2D eigenvalue weighted by atomic mass is 32.1. The summed E-state index contributed by atoms with van der Waals surface area (Å²) >= 11 is 5.40. The molecular formula is C17H23N3O2S. The fraction of sp³-hybridized carbons (Fsp3) is 0.412. The smallest absolute Gasteiger partial charge is 0.344 e. The first kappa shape index (κ1) is 17.3. The monoisotopic (exact) mass is 333 g/mol. The highest BCUT2D eigenvalue weighted by Gasteiger charge is 2.25. The molecule has 0 amide bonds. The lowest BCUT2D eigenvalue weighted by Gasteiger charge is -2.21. The minimum atomic E-state index is -0.470. The van der Waals surface area contributed by atoms with Crippen molar-refractivity contribution in [2.75, 3.05) is 19.7 Å². The number of nitrogens with one attached hydrogen (secondary N) is 1. The second-order valence-electron chi connectivity index (χ2n) is 5.34. The van der Waals surface area contributed by atoms with Gasteiger partial charge in [0, 0.05) is 19.6 Å². The van der Waals surface area contributed by atoms with Gasteiger partial charge in [0.2, 0.25) is 0 Å². The maximum atomic E-state index is 12.3. The van der Waals surface area contributed by atoms with E-state index in [9.17, 15) is 4.79 Å². The molecule has 0 unspecified atom stereocenters. The van der Waals surface area contributed by atoms with Crippen LogP contribution in [0.15, 0.2) is 41.7 Å². The number of nitrogens with zero attached hydrogens (tertiary/aromatic N) is 1. The summed E-state index contributed by atoms with van der Waals surface area (Å²) in [6.07, 6.45) is 2.14. The molecule has 1 aromatic carbocycles. The number of carbonyl (C=O) groups excluding carboxylic acids is 1. The molecule has 0 aromatic heterocycles. The van der Waals surface area contributed by atoms with Crippen molar-refractivity contribution in [2.24, 2.45) is 5.73 Å². The van der Waals surface area contributed by atoms with E-state index >= 15 is 0 Å². The summed E-state index contributed by atoms with van der Waals surface area (Å²) in [5.74, 6) is -0.0611. The minimum absolute atomic E-state index is 0.264. The Bertz CT molecular complexity index is 581. The number of hydrogen-bond donors (Lipinski definition) is 2. The topological polar surface area (TPSA) is 67.6 Å². The lowest BCUT2D eigenvalue weighted by Crippen LogP contribution is -2.35. The van der Waals surface area contributed by atoms with E-state index in [0.717, 1.165) is 31.5 Å². The van der Waals surface area contributed by atoms with Crippen LogP contribution >= 0.6 is 12.2 Å². The van der Waals surface area contributed by atoms with Crippen molar-refractivity contribution >= 4 is 23.2 Å². The fourth-order valence-corrected chi connectivity index (χ4v) is 2.76. The molecule has 3 N–H and O–H groups in total. The van der Waals surface area contributed by atoms with Crippen molar-refractivity contribution in [1.82, 2.24) is 10.2 Å². The van der Waals surface area contributed by atoms with Crippen LogP contribution in [-0.2, 0) is 16.1 Å². The van der Waals surface area contributed by atoms with Crippen LogP contribution in [0, 0.1) is 0 Å². The van der Waals surface area contributed by atoms with Gasteiger partial charge in [0.1, 0.15) is 16.4 Å². The molecule has 23 heavy (non-hydrogen) atoms. The third-order valence-electron chi connectivity index (χ3n) is 3.71. The number of benzene rings is 1. The zero-order chi connectivity index (χ0) is 16.7. The van der Waals surface area contributed by atoms with Gasteiger partial charge in [0.15, 0.2) is 0 Å². The molecule has 5 nitrogen and oxygen atoms in total. The molecule has 0 bridgehead atoms. The third kappa shape index (κ3) is 4.69. The van der Waals surface area contributed by atoms with Gasteiger partial charge in [-0.15, -0.1) is 0 Å². The van der Waals surface area contributed by atoms with Gasteiger partial charge in [-0.25, -0.2) is 4.79 Å². The van der Waals surface area contributed by atoms with Gasteiger partial charge in [-0.1, -0.05) is 42.5 Å². The Morgan fingerprint density at radius 1 is 1.30 bits per heavy atom. The number of esters is 1. The Morgan fingerprint density at radius 3 is 2.57 bits per heavy atom. The molecule has 1 heterocycles. The highest BCUT2D eigenvalue weighted by molar-refractivity contribution is 7.80. The Morgan fingerprint density at radius 2 is 1.96 bits per heavy atom. The van der Waals surface area contributed by atoms with Gasteiger partial charge in [0.25, 0.3) is 0 Å². The molecule has 1 saturated heterocycles. The van der Waals surface area contributed by atoms with Crippen LogP contribution in [0.25, 0.3) is 0 Å². The average Bonchev–Trinajstić information content (AvgIpc) is 3.09. The second kappa shape index (κ2) is 8.53. The Hall–Kier alpha value is -2.08. The number of ether oxygens (including phenoxy) is 1. The third-order valence-corrected chi connectivity index (χ3v) is 4.05. The van der Waals surface area contributed by atoms with Crippen molar-refractivity contribution in [3.8, 4) is 0 Å². The van der Waals surface area contributed by atoms with Gasteiger partial charge in [0.05, 0.1) is 6.61 Å². The van der Waals surface area contributed by atoms with Gasteiger partial charge in [-0.3, -0.25) is 0 Å². The van der Waals surface area contributed by atoms with E-state index in [1.165, 1.54) is 0 Å². The maximum Gasteiger partial charge on any atom is 0.344 e. The molecule has 1 aliphatic rings. The van der Waals surface area contributed by atoms with Gasteiger partial charge in [-0.2, -0.15) is 0 Å². The van der Waals surface area contributed by atoms with E-state index in [-0.39, 0.29) is 12.2 Å². The first-order valence-electron chi connectivity index (χ1n) is 7.87. The van der Waals surface area contributed by atoms with Crippen molar-refractivity contribution in [3.05, 3.63) is 47.3 Å². The Kier molecular flexibility index (Phi) is 6.40. The zero-order valence-corrected chi connectivity index (χ0v) is 14.2. The molecule has 0 saturated carbocycles. The number of thiocarbonyl (C=S) groups is 1. The van der Waals surface area contributed by atoms with Crippen molar-refractivity contribution in [3.63, 3.8) is 0 Å². The molecule has 0 radical (unpaired) electrons. The van der Waals surface area contributed by atoms with E-state index in [2.05, 4.69) is 5.32 Å². The first-order chi connectivity index (χ1) is 11.1. The molecule has 1 fully saturated rings. The van der Waals surface area contributed by atoms with Crippen LogP contribution < -0.4 is 11.1 Å². The average molecular weight is 333 g/mol. The van der Waals surface area contributed by atoms with E-state index in [1.54, 1.807) is 6.92 Å².